The molecular formula is C17H32. The summed E-state index contributed by atoms with van der Waals surface area (Å²) in [5.41, 5.74) is 0.772. The van der Waals surface area contributed by atoms with Gasteiger partial charge in [0.25, 0.3) is 0 Å². The van der Waals surface area contributed by atoms with Gasteiger partial charge < -0.3 is 0 Å². The van der Waals surface area contributed by atoms with Gasteiger partial charge in [-0.05, 0) is 42.9 Å². The molecule has 3 unspecified atom stereocenters. The summed E-state index contributed by atoms with van der Waals surface area (Å²) in [6.45, 7) is 4.76. The van der Waals surface area contributed by atoms with Crippen LogP contribution in [0.3, 0.4) is 0 Å². The van der Waals surface area contributed by atoms with Crippen LogP contribution in [0.4, 0.5) is 0 Å². The third-order valence-electron chi connectivity index (χ3n) is 5.72. The summed E-state index contributed by atoms with van der Waals surface area (Å²) in [6, 6.07) is 0. The number of rotatable bonds is 5. The molecule has 0 aromatic rings. The van der Waals surface area contributed by atoms with Crippen molar-refractivity contribution < 1.29 is 0 Å². The van der Waals surface area contributed by atoms with Gasteiger partial charge in [0.1, 0.15) is 0 Å². The Morgan fingerprint density at radius 1 is 0.882 bits per heavy atom. The van der Waals surface area contributed by atoms with Crippen LogP contribution in [-0.2, 0) is 0 Å². The van der Waals surface area contributed by atoms with E-state index >= 15 is 0 Å². The summed E-state index contributed by atoms with van der Waals surface area (Å²) >= 11 is 0. The zero-order chi connectivity index (χ0) is 12.1. The average Bonchev–Trinajstić information content (AvgIpc) is 2.37. The number of fused-ring (bicyclic) bond motifs is 1. The van der Waals surface area contributed by atoms with Crippen LogP contribution in [0, 0.1) is 17.3 Å². The molecule has 0 aliphatic heterocycles. The van der Waals surface area contributed by atoms with Crippen LogP contribution < -0.4 is 0 Å². The van der Waals surface area contributed by atoms with E-state index in [2.05, 4.69) is 13.8 Å². The highest BCUT2D eigenvalue weighted by Gasteiger charge is 2.44. The van der Waals surface area contributed by atoms with E-state index in [1.807, 2.05) is 0 Å². The van der Waals surface area contributed by atoms with Gasteiger partial charge in [-0.15, -0.1) is 0 Å². The Kier molecular flexibility index (Phi) is 4.94. The van der Waals surface area contributed by atoms with E-state index in [9.17, 15) is 0 Å². The molecule has 2 aliphatic carbocycles. The highest BCUT2D eigenvalue weighted by molar-refractivity contribution is 4.95. The molecule has 0 saturated heterocycles. The van der Waals surface area contributed by atoms with Crippen LogP contribution in [0.2, 0.25) is 0 Å². The summed E-state index contributed by atoms with van der Waals surface area (Å²) in [7, 11) is 0. The maximum absolute atomic E-state index is 2.40. The van der Waals surface area contributed by atoms with Crippen molar-refractivity contribution in [3.05, 3.63) is 0 Å². The average molecular weight is 236 g/mol. The number of unbranched alkanes of at least 4 members (excludes halogenated alkanes) is 1. The van der Waals surface area contributed by atoms with E-state index < -0.39 is 0 Å². The number of hydrogen-bond acceptors (Lipinski definition) is 0. The Balaban J connectivity index is 2.09. The zero-order valence-electron chi connectivity index (χ0n) is 12.1. The third kappa shape index (κ3) is 2.88. The van der Waals surface area contributed by atoms with Crippen LogP contribution in [0.1, 0.15) is 90.9 Å². The largest absolute Gasteiger partial charge is 0.0654 e. The Labute approximate surface area is 109 Å². The maximum Gasteiger partial charge on any atom is -0.0267 e. The lowest BCUT2D eigenvalue weighted by molar-refractivity contribution is -0.00493. The molecule has 0 nitrogen and oxygen atoms in total. The van der Waals surface area contributed by atoms with Crippen molar-refractivity contribution in [3.8, 4) is 0 Å². The minimum Gasteiger partial charge on any atom is -0.0654 e. The standard InChI is InChI=1S/C17H32/c1-3-5-13-17(12-4-2)14-8-10-15-9-6-7-11-16(15)17/h15-16H,3-14H2,1-2H3. The summed E-state index contributed by atoms with van der Waals surface area (Å²) in [4.78, 5) is 0. The van der Waals surface area contributed by atoms with Crippen LogP contribution in [0.5, 0.6) is 0 Å². The van der Waals surface area contributed by atoms with Gasteiger partial charge in [-0.1, -0.05) is 65.2 Å². The summed E-state index contributed by atoms with van der Waals surface area (Å²) in [5.74, 6) is 2.22. The van der Waals surface area contributed by atoms with Gasteiger partial charge in [0, 0.05) is 0 Å². The third-order valence-corrected chi connectivity index (χ3v) is 5.72. The minimum atomic E-state index is 0.772. The fourth-order valence-electron chi connectivity index (χ4n) is 5.03. The Morgan fingerprint density at radius 2 is 1.65 bits per heavy atom. The topological polar surface area (TPSA) is 0 Å². The number of hydrogen-bond donors (Lipinski definition) is 0. The van der Waals surface area contributed by atoms with E-state index in [1.165, 1.54) is 44.9 Å². The predicted molar refractivity (Wildman–Crippen MR) is 76.2 cm³/mol. The Morgan fingerprint density at radius 3 is 2.41 bits per heavy atom. The van der Waals surface area contributed by atoms with Crippen LogP contribution in [-0.4, -0.2) is 0 Å². The van der Waals surface area contributed by atoms with Gasteiger partial charge in [-0.3, -0.25) is 0 Å². The lowest BCUT2D eigenvalue weighted by Gasteiger charge is -2.51. The molecule has 2 aliphatic rings. The van der Waals surface area contributed by atoms with Gasteiger partial charge >= 0.3 is 0 Å². The van der Waals surface area contributed by atoms with Crippen molar-refractivity contribution in [3.63, 3.8) is 0 Å². The highest BCUT2D eigenvalue weighted by Crippen LogP contribution is 2.55. The molecule has 0 heteroatoms. The molecule has 0 amide bonds. The van der Waals surface area contributed by atoms with Gasteiger partial charge in [-0.2, -0.15) is 0 Å². The van der Waals surface area contributed by atoms with Gasteiger partial charge in [0.05, 0.1) is 0 Å². The summed E-state index contributed by atoms with van der Waals surface area (Å²) in [5, 5.41) is 0. The fraction of sp³-hybridized carbons (Fsp3) is 1.00. The molecular weight excluding hydrogens is 204 g/mol. The van der Waals surface area contributed by atoms with Crippen molar-refractivity contribution in [2.75, 3.05) is 0 Å². The van der Waals surface area contributed by atoms with Crippen molar-refractivity contribution in [1.29, 1.82) is 0 Å². The molecule has 3 atom stereocenters. The van der Waals surface area contributed by atoms with Gasteiger partial charge in [0.15, 0.2) is 0 Å². The second-order valence-electron chi connectivity index (χ2n) is 6.76. The van der Waals surface area contributed by atoms with E-state index in [1.54, 1.807) is 32.1 Å². The van der Waals surface area contributed by atoms with Crippen molar-refractivity contribution in [2.45, 2.75) is 90.9 Å². The predicted octanol–water partition coefficient (Wildman–Crippen LogP) is 5.95. The molecule has 0 aromatic carbocycles. The second-order valence-corrected chi connectivity index (χ2v) is 6.76. The molecule has 0 aromatic heterocycles. The normalized spacial score (nSPS) is 37.8. The monoisotopic (exact) mass is 236 g/mol. The van der Waals surface area contributed by atoms with E-state index in [0.29, 0.717) is 0 Å². The molecule has 0 heterocycles. The lowest BCUT2D eigenvalue weighted by Crippen LogP contribution is -2.41. The summed E-state index contributed by atoms with van der Waals surface area (Å²) in [6.07, 6.45) is 18.2. The first-order valence-corrected chi connectivity index (χ1v) is 8.32. The van der Waals surface area contributed by atoms with Crippen LogP contribution >= 0.6 is 0 Å². The van der Waals surface area contributed by atoms with E-state index in [4.69, 9.17) is 0 Å². The molecule has 17 heavy (non-hydrogen) atoms. The highest BCUT2D eigenvalue weighted by atomic mass is 14.5. The van der Waals surface area contributed by atoms with Crippen molar-refractivity contribution in [1.82, 2.24) is 0 Å². The first-order chi connectivity index (χ1) is 8.32. The molecule has 0 radical (unpaired) electrons. The van der Waals surface area contributed by atoms with Gasteiger partial charge in [0.2, 0.25) is 0 Å². The summed E-state index contributed by atoms with van der Waals surface area (Å²) < 4.78 is 0. The minimum absolute atomic E-state index is 0.772. The lowest BCUT2D eigenvalue weighted by atomic mass is 9.54. The quantitative estimate of drug-likeness (QED) is 0.553. The smallest absolute Gasteiger partial charge is 0.0267 e. The molecule has 2 rings (SSSR count). The second kappa shape index (κ2) is 6.25. The molecule has 0 bridgehead atoms. The molecule has 2 fully saturated rings. The van der Waals surface area contributed by atoms with Crippen molar-refractivity contribution >= 4 is 0 Å². The fourth-order valence-corrected chi connectivity index (χ4v) is 5.03. The molecule has 0 N–H and O–H groups in total. The Bertz CT molecular complexity index is 214. The SMILES string of the molecule is CCCCC1(CCC)CCCC2CCCCC21. The first kappa shape index (κ1) is 13.4. The molecule has 100 valence electrons. The molecule has 0 spiro atoms. The van der Waals surface area contributed by atoms with Crippen LogP contribution in [0.15, 0.2) is 0 Å². The zero-order valence-corrected chi connectivity index (χ0v) is 12.1. The van der Waals surface area contributed by atoms with E-state index in [-0.39, 0.29) is 0 Å². The van der Waals surface area contributed by atoms with Crippen molar-refractivity contribution in [2.24, 2.45) is 17.3 Å². The van der Waals surface area contributed by atoms with E-state index in [0.717, 1.165) is 17.3 Å². The molecule has 2 saturated carbocycles. The Hall–Kier alpha value is 0. The van der Waals surface area contributed by atoms with Gasteiger partial charge in [-0.25, -0.2) is 0 Å². The van der Waals surface area contributed by atoms with Crippen LogP contribution in [0.25, 0.3) is 0 Å². The maximum atomic E-state index is 2.40. The first-order valence-electron chi connectivity index (χ1n) is 8.32.